The number of aliphatic hydroxyl groups is 1. The van der Waals surface area contributed by atoms with E-state index in [0.29, 0.717) is 25.7 Å². The van der Waals surface area contributed by atoms with E-state index < -0.39 is 15.4 Å². The number of pyridine rings is 1. The fraction of sp³-hybridized carbons (Fsp3) is 0.667. The van der Waals surface area contributed by atoms with Crippen molar-refractivity contribution in [3.05, 3.63) is 29.1 Å². The van der Waals surface area contributed by atoms with E-state index >= 15 is 0 Å². The van der Waals surface area contributed by atoms with Gasteiger partial charge in [0, 0.05) is 17.0 Å². The zero-order valence-electron chi connectivity index (χ0n) is 12.0. The van der Waals surface area contributed by atoms with Gasteiger partial charge in [-0.05, 0) is 45.6 Å². The van der Waals surface area contributed by atoms with Crippen LogP contribution in [-0.4, -0.2) is 29.0 Å². The number of hydrogen-bond acceptors (Lipinski definition) is 4. The fourth-order valence-electron chi connectivity index (χ4n) is 3.85. The highest BCUT2D eigenvalue weighted by atomic mass is 32.2. The molecule has 4 nitrogen and oxygen atoms in total. The molecule has 0 saturated carbocycles. The van der Waals surface area contributed by atoms with E-state index in [0.717, 1.165) is 23.4 Å². The summed E-state index contributed by atoms with van der Waals surface area (Å²) in [5.74, 6) is 0. The van der Waals surface area contributed by atoms with Gasteiger partial charge in [-0.3, -0.25) is 4.98 Å². The van der Waals surface area contributed by atoms with E-state index in [9.17, 15) is 13.5 Å². The highest BCUT2D eigenvalue weighted by Crippen LogP contribution is 2.46. The van der Waals surface area contributed by atoms with Crippen molar-refractivity contribution >= 4 is 9.84 Å². The molecule has 0 spiro atoms. The third-order valence-corrected chi connectivity index (χ3v) is 7.50. The summed E-state index contributed by atoms with van der Waals surface area (Å²) in [6, 6.07) is 3.80. The maximum absolute atomic E-state index is 12.3. The fourth-order valence-corrected chi connectivity index (χ4v) is 6.40. The Labute approximate surface area is 120 Å². The van der Waals surface area contributed by atoms with Crippen LogP contribution in [-0.2, 0) is 15.4 Å². The number of aromatic nitrogens is 1. The molecule has 110 valence electrons. The van der Waals surface area contributed by atoms with Gasteiger partial charge in [0.05, 0.1) is 16.1 Å². The molecule has 0 aliphatic carbocycles. The lowest BCUT2D eigenvalue weighted by Gasteiger charge is -2.44. The second-order valence-corrected chi connectivity index (χ2v) is 8.80. The summed E-state index contributed by atoms with van der Waals surface area (Å²) < 4.78 is 24.7. The Morgan fingerprint density at radius 3 is 2.35 bits per heavy atom. The normalized spacial score (nSPS) is 35.8. The largest absolute Gasteiger partial charge is 0.385 e. The first kappa shape index (κ1) is 14.0. The average Bonchev–Trinajstić information content (AvgIpc) is 2.31. The predicted octanol–water partition coefficient (Wildman–Crippen LogP) is 2.02. The predicted molar refractivity (Wildman–Crippen MR) is 77.2 cm³/mol. The lowest BCUT2D eigenvalue weighted by Crippen LogP contribution is -2.50. The van der Waals surface area contributed by atoms with Gasteiger partial charge in [-0.15, -0.1) is 0 Å². The maximum Gasteiger partial charge on any atom is 0.156 e. The Morgan fingerprint density at radius 2 is 1.80 bits per heavy atom. The molecule has 2 fully saturated rings. The molecule has 1 aromatic heterocycles. The molecule has 1 aromatic rings. The zero-order valence-corrected chi connectivity index (χ0v) is 12.8. The van der Waals surface area contributed by atoms with Crippen LogP contribution in [0.25, 0.3) is 0 Å². The number of rotatable bonds is 1. The van der Waals surface area contributed by atoms with Gasteiger partial charge in [-0.2, -0.15) is 0 Å². The van der Waals surface area contributed by atoms with Gasteiger partial charge >= 0.3 is 0 Å². The SMILES string of the molecule is Cc1ccc(C2(O)CC3CCCC(C2)S3(=O)=O)c(C)n1. The molecule has 2 aliphatic heterocycles. The van der Waals surface area contributed by atoms with Crippen LogP contribution < -0.4 is 0 Å². The summed E-state index contributed by atoms with van der Waals surface area (Å²) in [5.41, 5.74) is 1.49. The molecule has 1 N–H and O–H groups in total. The Kier molecular flexibility index (Phi) is 3.18. The van der Waals surface area contributed by atoms with Crippen LogP contribution >= 0.6 is 0 Å². The second-order valence-electron chi connectivity index (χ2n) is 6.29. The van der Waals surface area contributed by atoms with Crippen LogP contribution in [0.15, 0.2) is 12.1 Å². The molecule has 2 aliphatic rings. The molecule has 0 amide bonds. The molecule has 3 heterocycles. The molecule has 2 atom stereocenters. The lowest BCUT2D eigenvalue weighted by atomic mass is 9.80. The van der Waals surface area contributed by atoms with Crippen LogP contribution in [0.4, 0.5) is 0 Å². The van der Waals surface area contributed by atoms with E-state index in [2.05, 4.69) is 4.98 Å². The van der Waals surface area contributed by atoms with Crippen molar-refractivity contribution in [1.29, 1.82) is 0 Å². The van der Waals surface area contributed by atoms with Crippen molar-refractivity contribution < 1.29 is 13.5 Å². The molecule has 3 rings (SSSR count). The molecule has 2 bridgehead atoms. The summed E-state index contributed by atoms with van der Waals surface area (Å²) in [7, 11) is -3.05. The van der Waals surface area contributed by atoms with Gasteiger partial charge in [-0.25, -0.2) is 8.42 Å². The first-order valence-electron chi connectivity index (χ1n) is 7.23. The first-order chi connectivity index (χ1) is 9.33. The van der Waals surface area contributed by atoms with Crippen LogP contribution in [0.1, 0.15) is 49.1 Å². The molecule has 2 saturated heterocycles. The summed E-state index contributed by atoms with van der Waals surface area (Å²) in [5, 5.41) is 10.3. The zero-order chi connectivity index (χ0) is 14.5. The van der Waals surface area contributed by atoms with Crippen molar-refractivity contribution in [3.63, 3.8) is 0 Å². The Bertz CT molecular complexity index is 619. The van der Waals surface area contributed by atoms with Gasteiger partial charge in [0.2, 0.25) is 0 Å². The molecule has 20 heavy (non-hydrogen) atoms. The summed E-state index contributed by atoms with van der Waals surface area (Å²) in [4.78, 5) is 4.41. The number of sulfone groups is 1. The number of nitrogens with zero attached hydrogens (tertiary/aromatic N) is 1. The third-order valence-electron chi connectivity index (χ3n) is 4.84. The van der Waals surface area contributed by atoms with Crippen molar-refractivity contribution in [2.24, 2.45) is 0 Å². The lowest BCUT2D eigenvalue weighted by molar-refractivity contribution is 0.00408. The van der Waals surface area contributed by atoms with E-state index in [4.69, 9.17) is 0 Å². The van der Waals surface area contributed by atoms with E-state index in [1.807, 2.05) is 26.0 Å². The first-order valence-corrected chi connectivity index (χ1v) is 8.84. The number of hydrogen-bond donors (Lipinski definition) is 1. The van der Waals surface area contributed by atoms with Gasteiger partial charge in [0.15, 0.2) is 9.84 Å². The van der Waals surface area contributed by atoms with Crippen molar-refractivity contribution in [2.45, 2.75) is 62.1 Å². The van der Waals surface area contributed by atoms with E-state index in [1.54, 1.807) is 0 Å². The van der Waals surface area contributed by atoms with Crippen LogP contribution in [0.2, 0.25) is 0 Å². The van der Waals surface area contributed by atoms with Crippen LogP contribution in [0.5, 0.6) is 0 Å². The molecule has 0 aromatic carbocycles. The minimum Gasteiger partial charge on any atom is -0.385 e. The smallest absolute Gasteiger partial charge is 0.156 e. The van der Waals surface area contributed by atoms with E-state index in [-0.39, 0.29) is 10.5 Å². The Balaban J connectivity index is 2.02. The summed E-state index contributed by atoms with van der Waals surface area (Å²) in [6.07, 6.45) is 2.95. The average molecular weight is 295 g/mol. The topological polar surface area (TPSA) is 67.3 Å². The minimum atomic E-state index is -3.05. The van der Waals surface area contributed by atoms with Gasteiger partial charge in [-0.1, -0.05) is 12.5 Å². The van der Waals surface area contributed by atoms with Crippen LogP contribution in [0.3, 0.4) is 0 Å². The highest BCUT2D eigenvalue weighted by Gasteiger charge is 2.51. The number of aryl methyl sites for hydroxylation is 2. The van der Waals surface area contributed by atoms with Gasteiger partial charge in [0.1, 0.15) is 0 Å². The molecule has 5 heteroatoms. The van der Waals surface area contributed by atoms with Crippen molar-refractivity contribution in [2.75, 3.05) is 0 Å². The summed E-state index contributed by atoms with van der Waals surface area (Å²) >= 11 is 0. The Morgan fingerprint density at radius 1 is 1.20 bits per heavy atom. The molecular formula is C15H21NO3S. The third kappa shape index (κ3) is 2.07. The molecule has 0 radical (unpaired) electrons. The Hall–Kier alpha value is -0.940. The van der Waals surface area contributed by atoms with Gasteiger partial charge < -0.3 is 5.11 Å². The summed E-state index contributed by atoms with van der Waals surface area (Å²) in [6.45, 7) is 3.81. The minimum absolute atomic E-state index is 0.317. The molecule has 2 unspecified atom stereocenters. The van der Waals surface area contributed by atoms with Crippen molar-refractivity contribution in [1.82, 2.24) is 4.98 Å². The van der Waals surface area contributed by atoms with Crippen LogP contribution in [0, 0.1) is 13.8 Å². The maximum atomic E-state index is 12.3. The standard InChI is InChI=1S/C15H21NO3S/c1-10-6-7-14(11(2)16-10)15(17)8-12-4-3-5-13(9-15)20(12,18)19/h6-7,12-13,17H,3-5,8-9H2,1-2H3. The second kappa shape index (κ2) is 4.53. The monoisotopic (exact) mass is 295 g/mol. The van der Waals surface area contributed by atoms with Gasteiger partial charge in [0.25, 0.3) is 0 Å². The van der Waals surface area contributed by atoms with E-state index in [1.165, 1.54) is 0 Å². The van der Waals surface area contributed by atoms with Crippen molar-refractivity contribution in [3.8, 4) is 0 Å². The number of fused-ring (bicyclic) bond motifs is 2. The molecular weight excluding hydrogens is 274 g/mol. The quantitative estimate of drug-likeness (QED) is 0.860. The highest BCUT2D eigenvalue weighted by molar-refractivity contribution is 7.92.